The third kappa shape index (κ3) is 13.2. The van der Waals surface area contributed by atoms with E-state index in [1.165, 1.54) is 91.4 Å². The predicted octanol–water partition coefficient (Wildman–Crippen LogP) is 5.18. The molecular weight excluding hydrogens is 1130 g/mol. The molecule has 0 aromatic carbocycles. The molecule has 0 radical (unpaired) electrons. The molecular formula is C51H51N15O11S4. The van der Waals surface area contributed by atoms with Gasteiger partial charge in [-0.15, -0.1) is 0 Å². The molecule has 0 aliphatic carbocycles. The monoisotopic (exact) mass is 1180 g/mol. The minimum Gasteiger partial charge on any atom is -0.345 e. The highest BCUT2D eigenvalue weighted by Crippen LogP contribution is 2.21. The largest absolute Gasteiger partial charge is 0.345 e. The first-order valence-corrected chi connectivity index (χ1v) is 31.3. The van der Waals surface area contributed by atoms with Crippen molar-refractivity contribution in [2.75, 3.05) is 25.0 Å². The summed E-state index contributed by atoms with van der Waals surface area (Å²) < 4.78 is 100. The molecule has 26 nitrogen and oxygen atoms in total. The van der Waals surface area contributed by atoms with Crippen molar-refractivity contribution in [1.82, 2.24) is 69.5 Å². The van der Waals surface area contributed by atoms with E-state index in [4.69, 9.17) is 0 Å². The Morgan fingerprint density at radius 3 is 1.47 bits per heavy atom. The molecule has 0 fully saturated rings. The lowest BCUT2D eigenvalue weighted by Gasteiger charge is -2.03. The molecule has 30 heteroatoms. The molecule has 0 spiro atoms. The van der Waals surface area contributed by atoms with Crippen molar-refractivity contribution < 1.29 is 48.1 Å². The number of hydrogen-bond donors (Lipinski definition) is 1. The second-order valence-corrected chi connectivity index (χ2v) is 25.7. The zero-order valence-electron chi connectivity index (χ0n) is 44.5. The summed E-state index contributed by atoms with van der Waals surface area (Å²) in [4.78, 5) is 68.1. The van der Waals surface area contributed by atoms with Gasteiger partial charge in [-0.1, -0.05) is 0 Å². The summed E-state index contributed by atoms with van der Waals surface area (Å²) in [5.74, 6) is -0.00351. The van der Waals surface area contributed by atoms with Crippen LogP contribution in [0.4, 0.5) is 0 Å². The molecule has 12 aromatic heterocycles. The van der Waals surface area contributed by atoms with E-state index < -0.39 is 40.1 Å². The van der Waals surface area contributed by atoms with E-state index >= 15 is 0 Å². The topological polar surface area (TPSA) is 335 Å². The highest BCUT2D eigenvalue weighted by molar-refractivity contribution is 7.90. The maximum absolute atomic E-state index is 11.6. The van der Waals surface area contributed by atoms with Crippen LogP contribution in [0.3, 0.4) is 0 Å². The van der Waals surface area contributed by atoms with Crippen molar-refractivity contribution in [3.63, 3.8) is 0 Å². The van der Waals surface area contributed by atoms with Gasteiger partial charge in [0.05, 0.1) is 89.5 Å². The molecule has 0 amide bonds. The number of H-pyrrole nitrogens is 1. The van der Waals surface area contributed by atoms with Crippen LogP contribution in [0.1, 0.15) is 53.5 Å². The van der Waals surface area contributed by atoms with E-state index in [0.717, 1.165) is 64.1 Å². The first-order valence-electron chi connectivity index (χ1n) is 23.9. The summed E-state index contributed by atoms with van der Waals surface area (Å²) in [6.07, 6.45) is 24.2. The van der Waals surface area contributed by atoms with Gasteiger partial charge < -0.3 is 18.6 Å². The van der Waals surface area contributed by atoms with Gasteiger partial charge in [0.1, 0.15) is 28.0 Å². The van der Waals surface area contributed by atoms with Gasteiger partial charge in [0, 0.05) is 48.8 Å². The van der Waals surface area contributed by atoms with Crippen molar-refractivity contribution in [1.29, 1.82) is 0 Å². The summed E-state index contributed by atoms with van der Waals surface area (Å²) in [6, 6.07) is 16.6. The van der Waals surface area contributed by atoms with Gasteiger partial charge in [-0.3, -0.25) is 9.59 Å². The standard InChI is InChI=1S/C11H13N3O3S.C11H11N3O3S.C11H11N3O2S.C10H9N3.C8H7N3O3S/c2*1-8(15)3-4-9-7-12-11-10(13-9)5-6-14(11)18(2,16)17;1-8-3-4-9-7-12-11-10(14(8)9)5-6-13(11)17(2,15)16;1-7-2-3-8-6-12-10-9(13(7)8)4-5-11-10;1-15(13,14)11-3-2-7-8(11)9-4-6(5-12)10-7/h5-7H,3-4H2,1-2H3;3-7H,1-2H3;3-7H,1-2H3;2-6,11H,1H3;2-5H,1H3/b;4-3+;;;. The van der Waals surface area contributed by atoms with E-state index in [0.29, 0.717) is 58.4 Å². The highest BCUT2D eigenvalue weighted by atomic mass is 32.2. The molecule has 0 saturated heterocycles. The predicted molar refractivity (Wildman–Crippen MR) is 305 cm³/mol. The average Bonchev–Trinajstić information content (AvgIpc) is 4.37. The van der Waals surface area contributed by atoms with Crippen molar-refractivity contribution in [2.24, 2.45) is 0 Å². The Morgan fingerprint density at radius 1 is 0.519 bits per heavy atom. The first kappa shape index (κ1) is 58.0. The minimum absolute atomic E-state index is 0.0885. The van der Waals surface area contributed by atoms with Gasteiger partial charge in [-0.05, 0) is 101 Å². The number of ketones is 2. The van der Waals surface area contributed by atoms with E-state index in [9.17, 15) is 48.1 Å². The van der Waals surface area contributed by atoms with Crippen molar-refractivity contribution in [3.05, 3.63) is 151 Å². The van der Waals surface area contributed by atoms with Crippen LogP contribution in [0.2, 0.25) is 0 Å². The normalized spacial score (nSPS) is 12.0. The van der Waals surface area contributed by atoms with E-state index in [1.54, 1.807) is 24.4 Å². The van der Waals surface area contributed by atoms with Crippen molar-refractivity contribution in [2.45, 2.75) is 40.5 Å². The highest BCUT2D eigenvalue weighted by Gasteiger charge is 2.16. The van der Waals surface area contributed by atoms with Crippen molar-refractivity contribution in [3.8, 4) is 0 Å². The van der Waals surface area contributed by atoms with Gasteiger partial charge in [0.15, 0.2) is 40.3 Å². The van der Waals surface area contributed by atoms with Crippen molar-refractivity contribution >= 4 is 131 Å². The molecule has 12 aromatic rings. The van der Waals surface area contributed by atoms with Gasteiger partial charge in [-0.2, -0.15) is 0 Å². The number of nitrogens with one attached hydrogen (secondary N) is 1. The number of aldehydes is 1. The molecule has 0 aliphatic rings. The summed E-state index contributed by atoms with van der Waals surface area (Å²) in [5.41, 5.74) is 11.3. The fourth-order valence-electron chi connectivity index (χ4n) is 8.13. The molecule has 0 bridgehead atoms. The van der Waals surface area contributed by atoms with Crippen LogP contribution < -0.4 is 0 Å². The number of rotatable bonds is 10. The number of Topliss-reactive ketones (excluding diaryl/α,β-unsaturated/α-hetero) is 1. The van der Waals surface area contributed by atoms with Crippen LogP contribution in [-0.4, -0.2) is 146 Å². The zero-order valence-corrected chi connectivity index (χ0v) is 47.8. The number of aromatic amines is 1. The SMILES string of the molecule is CC(=O)/C=C/c1cnc2c(ccn2S(C)(=O)=O)n1.CC(=O)CCc1cnc2c(ccn2S(C)(=O)=O)n1.CS(=O)(=O)n1ccc2nc(C=O)cnc21.Cc1ccc2cnc3[nH]ccc3n12.Cc1ccc2cnc3c(ccn3S(C)(=O)=O)n12. The first-order chi connectivity index (χ1) is 38.1. The van der Waals surface area contributed by atoms with Gasteiger partial charge in [0.25, 0.3) is 0 Å². The van der Waals surface area contributed by atoms with Gasteiger partial charge >= 0.3 is 0 Å². The van der Waals surface area contributed by atoms with E-state index in [1.807, 2.05) is 41.9 Å². The molecule has 420 valence electrons. The second kappa shape index (κ2) is 22.9. The third-order valence-corrected chi connectivity index (χ3v) is 15.8. The Hall–Kier alpha value is -9.13. The minimum atomic E-state index is -3.38. The lowest BCUT2D eigenvalue weighted by molar-refractivity contribution is -0.117. The fraction of sp³-hybridized carbons (Fsp3) is 0.196. The Kier molecular flexibility index (Phi) is 16.4. The lowest BCUT2D eigenvalue weighted by atomic mass is 10.2. The Morgan fingerprint density at radius 2 is 0.963 bits per heavy atom. The molecule has 0 aliphatic heterocycles. The third-order valence-electron chi connectivity index (χ3n) is 11.8. The molecule has 81 heavy (non-hydrogen) atoms. The van der Waals surface area contributed by atoms with Crippen LogP contribution >= 0.6 is 0 Å². The zero-order chi connectivity index (χ0) is 58.8. The fourth-order valence-corrected chi connectivity index (χ4v) is 11.1. The van der Waals surface area contributed by atoms with Crippen LogP contribution in [0.15, 0.2) is 123 Å². The number of aryl methyl sites for hydroxylation is 3. The maximum Gasteiger partial charge on any atom is 0.237 e. The van der Waals surface area contributed by atoms with Crippen LogP contribution in [0.5, 0.6) is 0 Å². The average molecular weight is 1180 g/mol. The molecule has 12 rings (SSSR count). The van der Waals surface area contributed by atoms with Gasteiger partial charge in [0.2, 0.25) is 40.1 Å². The number of fused-ring (bicyclic) bond motifs is 9. The quantitative estimate of drug-likeness (QED) is 0.136. The maximum atomic E-state index is 11.6. The molecule has 12 heterocycles. The van der Waals surface area contributed by atoms with Crippen LogP contribution in [0, 0.1) is 13.8 Å². The number of allylic oxidation sites excluding steroid dienone is 1. The van der Waals surface area contributed by atoms with E-state index in [-0.39, 0.29) is 28.6 Å². The Bertz CT molecular complexity index is 4910. The summed E-state index contributed by atoms with van der Waals surface area (Å²) >= 11 is 0. The Labute approximate surface area is 462 Å². The number of aromatic nitrogens is 15. The number of nitrogens with zero attached hydrogens (tertiary/aromatic N) is 14. The number of carbonyl (C=O) groups excluding carboxylic acids is 3. The second-order valence-electron chi connectivity index (χ2n) is 18.2. The van der Waals surface area contributed by atoms with Crippen LogP contribution in [-0.2, 0) is 56.1 Å². The summed E-state index contributed by atoms with van der Waals surface area (Å²) in [6.45, 7) is 7.03. The van der Waals surface area contributed by atoms with E-state index in [2.05, 4.69) is 68.3 Å². The summed E-state index contributed by atoms with van der Waals surface area (Å²) in [5, 5.41) is 0. The molecule has 1 N–H and O–H groups in total. The molecule has 0 atom stereocenters. The van der Waals surface area contributed by atoms with Crippen LogP contribution in [0.25, 0.3) is 72.9 Å². The summed E-state index contributed by atoms with van der Waals surface area (Å²) in [7, 11) is -13.4. The number of hydrogen-bond acceptors (Lipinski definition) is 19. The lowest BCUT2D eigenvalue weighted by Crippen LogP contribution is -2.09. The smallest absolute Gasteiger partial charge is 0.237 e. The molecule has 0 saturated carbocycles. The molecule has 0 unspecified atom stereocenters. The van der Waals surface area contributed by atoms with Gasteiger partial charge in [-0.25, -0.2) is 89.4 Å². The Balaban J connectivity index is 0.000000133. The number of carbonyl (C=O) groups is 3.